The average Bonchev–Trinajstić information content (AvgIpc) is 2.99. The predicted molar refractivity (Wildman–Crippen MR) is 93.9 cm³/mol. The lowest BCUT2D eigenvalue weighted by molar-refractivity contribution is -0.122. The number of carbonyl (C=O) groups excluding carboxylic acids is 1. The van der Waals surface area contributed by atoms with Crippen LogP contribution in [0.1, 0.15) is 32.3 Å². The molecule has 2 amide bonds. The number of aliphatic hydroxyl groups excluding tert-OH is 2. The summed E-state index contributed by atoms with van der Waals surface area (Å²) in [7, 11) is 0. The molecule has 0 radical (unpaired) electrons. The van der Waals surface area contributed by atoms with E-state index in [1.165, 1.54) is 0 Å². The molecule has 4 atom stereocenters. The number of amides is 2. The van der Waals surface area contributed by atoms with Gasteiger partial charge in [0.05, 0.1) is 31.5 Å². The van der Waals surface area contributed by atoms with Gasteiger partial charge in [-0.3, -0.25) is 0 Å². The molecule has 0 aromatic heterocycles. The summed E-state index contributed by atoms with van der Waals surface area (Å²) in [5.74, 6) is 0. The van der Waals surface area contributed by atoms with Crippen molar-refractivity contribution in [2.45, 2.75) is 57.6 Å². The highest BCUT2D eigenvalue weighted by Gasteiger charge is 2.50. The summed E-state index contributed by atoms with van der Waals surface area (Å²) < 4.78 is 6.03. The molecule has 1 aliphatic heterocycles. The van der Waals surface area contributed by atoms with Crippen molar-refractivity contribution in [2.75, 3.05) is 13.2 Å². The van der Waals surface area contributed by atoms with Crippen LogP contribution in [-0.4, -0.2) is 58.6 Å². The van der Waals surface area contributed by atoms with Crippen molar-refractivity contribution in [1.29, 1.82) is 0 Å². The maximum absolute atomic E-state index is 12.5. The van der Waals surface area contributed by atoms with Crippen LogP contribution in [0.5, 0.6) is 0 Å². The highest BCUT2D eigenvalue weighted by atomic mass is 16.5. The number of carbonyl (C=O) groups is 1. The van der Waals surface area contributed by atoms with Crippen molar-refractivity contribution in [3.05, 3.63) is 35.9 Å². The van der Waals surface area contributed by atoms with E-state index >= 15 is 0 Å². The third-order valence-corrected chi connectivity index (χ3v) is 5.63. The van der Waals surface area contributed by atoms with Gasteiger partial charge in [0.15, 0.2) is 0 Å². The highest BCUT2D eigenvalue weighted by Crippen LogP contribution is 2.43. The Balaban J connectivity index is 1.50. The van der Waals surface area contributed by atoms with E-state index in [1.807, 2.05) is 30.3 Å². The summed E-state index contributed by atoms with van der Waals surface area (Å²) in [6, 6.07) is 9.57. The number of likely N-dealkylation sites (tertiary alicyclic amines) is 1. The van der Waals surface area contributed by atoms with Gasteiger partial charge in [-0.1, -0.05) is 44.2 Å². The van der Waals surface area contributed by atoms with Crippen LogP contribution in [0, 0.1) is 5.41 Å². The highest BCUT2D eigenvalue weighted by molar-refractivity contribution is 5.75. The van der Waals surface area contributed by atoms with Gasteiger partial charge < -0.3 is 25.2 Å². The number of urea groups is 1. The summed E-state index contributed by atoms with van der Waals surface area (Å²) in [5.41, 5.74) is 0.986. The van der Waals surface area contributed by atoms with Crippen LogP contribution in [0.4, 0.5) is 4.79 Å². The summed E-state index contributed by atoms with van der Waals surface area (Å²) in [5, 5.41) is 22.2. The summed E-state index contributed by atoms with van der Waals surface area (Å²) in [6.07, 6.45) is 0.738. The zero-order valence-corrected chi connectivity index (χ0v) is 14.9. The Bertz CT molecular complexity index is 592. The summed E-state index contributed by atoms with van der Waals surface area (Å²) in [4.78, 5) is 14.0. The second-order valence-electron chi connectivity index (χ2n) is 7.72. The first-order valence-corrected chi connectivity index (χ1v) is 8.93. The van der Waals surface area contributed by atoms with Gasteiger partial charge in [0.25, 0.3) is 0 Å². The smallest absolute Gasteiger partial charge is 0.318 e. The van der Waals surface area contributed by atoms with Gasteiger partial charge in [-0.05, 0) is 18.4 Å². The van der Waals surface area contributed by atoms with Crippen molar-refractivity contribution in [3.63, 3.8) is 0 Å². The fourth-order valence-corrected chi connectivity index (χ4v) is 3.73. The van der Waals surface area contributed by atoms with Crippen molar-refractivity contribution >= 4 is 6.03 Å². The molecule has 2 fully saturated rings. The molecule has 2 aliphatic rings. The predicted octanol–water partition coefficient (Wildman–Crippen LogP) is 1.51. The molecule has 0 spiro atoms. The topological polar surface area (TPSA) is 82.0 Å². The minimum atomic E-state index is -0.556. The number of nitrogens with one attached hydrogen (secondary N) is 1. The van der Waals surface area contributed by atoms with Gasteiger partial charge in [-0.25, -0.2) is 4.79 Å². The van der Waals surface area contributed by atoms with Crippen LogP contribution in [-0.2, 0) is 11.3 Å². The van der Waals surface area contributed by atoms with Crippen LogP contribution >= 0.6 is 0 Å². The maximum Gasteiger partial charge on any atom is 0.318 e. The first-order chi connectivity index (χ1) is 11.9. The number of β-amino-alcohol motifs (C(OH)–C–C–N with tert-alkyl or cyclic N) is 1. The van der Waals surface area contributed by atoms with Crippen LogP contribution in [0.25, 0.3) is 0 Å². The molecule has 6 nitrogen and oxygen atoms in total. The Hall–Kier alpha value is -1.63. The molecule has 1 aromatic carbocycles. The van der Waals surface area contributed by atoms with Crippen LogP contribution in [0.2, 0.25) is 0 Å². The normalized spacial score (nSPS) is 30.8. The van der Waals surface area contributed by atoms with Gasteiger partial charge >= 0.3 is 6.03 Å². The van der Waals surface area contributed by atoms with Crippen molar-refractivity contribution in [1.82, 2.24) is 10.2 Å². The standard InChI is InChI=1S/C19H28N2O4/c1-19(2)16(9-17(19)25-12-13-6-4-3-5-7-13)20-18(24)21-10-15(23)8-14(21)11-22/h3-7,14-17,22-23H,8-12H2,1-2H3,(H,20,24)/t14-,15-,16?,17?/m0/s1. The van der Waals surface area contributed by atoms with Crippen LogP contribution < -0.4 is 5.32 Å². The fraction of sp³-hybridized carbons (Fsp3) is 0.632. The third-order valence-electron chi connectivity index (χ3n) is 5.63. The Kier molecular flexibility index (Phi) is 5.32. The Morgan fingerprint density at radius 3 is 2.68 bits per heavy atom. The number of hydrogen-bond donors (Lipinski definition) is 3. The first-order valence-electron chi connectivity index (χ1n) is 8.93. The molecule has 0 bridgehead atoms. The number of rotatable bonds is 5. The lowest BCUT2D eigenvalue weighted by Gasteiger charge is -2.52. The third kappa shape index (κ3) is 3.81. The quantitative estimate of drug-likeness (QED) is 0.753. The zero-order valence-electron chi connectivity index (χ0n) is 14.9. The number of benzene rings is 1. The van der Waals surface area contributed by atoms with Gasteiger partial charge in [0.1, 0.15) is 0 Å². The van der Waals surface area contributed by atoms with Crippen molar-refractivity contribution in [2.24, 2.45) is 5.41 Å². The second kappa shape index (κ2) is 7.32. The number of nitrogens with zero attached hydrogens (tertiary/aromatic N) is 1. The van der Waals surface area contributed by atoms with E-state index in [2.05, 4.69) is 19.2 Å². The van der Waals surface area contributed by atoms with Gasteiger partial charge in [-0.15, -0.1) is 0 Å². The van der Waals surface area contributed by atoms with Crippen LogP contribution in [0.15, 0.2) is 30.3 Å². The molecular weight excluding hydrogens is 320 g/mol. The minimum absolute atomic E-state index is 0.0258. The Labute approximate surface area is 148 Å². The number of aliphatic hydroxyl groups is 2. The number of hydrogen-bond acceptors (Lipinski definition) is 4. The fourth-order valence-electron chi connectivity index (χ4n) is 3.73. The van der Waals surface area contributed by atoms with E-state index in [9.17, 15) is 15.0 Å². The molecule has 1 heterocycles. The summed E-state index contributed by atoms with van der Waals surface area (Å²) in [6.45, 7) is 4.92. The van der Waals surface area contributed by atoms with E-state index in [-0.39, 0.29) is 42.8 Å². The zero-order chi connectivity index (χ0) is 18.0. The lowest BCUT2D eigenvalue weighted by Crippen LogP contribution is -2.64. The largest absolute Gasteiger partial charge is 0.394 e. The molecule has 1 aliphatic carbocycles. The minimum Gasteiger partial charge on any atom is -0.394 e. The Morgan fingerprint density at radius 1 is 1.32 bits per heavy atom. The molecule has 1 saturated heterocycles. The van der Waals surface area contributed by atoms with Gasteiger partial charge in [0.2, 0.25) is 0 Å². The van der Waals surface area contributed by atoms with E-state index in [0.29, 0.717) is 13.0 Å². The molecule has 3 rings (SSSR count). The molecule has 25 heavy (non-hydrogen) atoms. The second-order valence-corrected chi connectivity index (χ2v) is 7.72. The Morgan fingerprint density at radius 2 is 2.04 bits per heavy atom. The lowest BCUT2D eigenvalue weighted by atomic mass is 9.64. The SMILES string of the molecule is CC1(C)C(NC(=O)N2C[C@@H](O)C[C@H]2CO)CC1OCc1ccccc1. The molecule has 6 heteroatoms. The van der Waals surface area contributed by atoms with E-state index < -0.39 is 6.10 Å². The molecule has 1 aromatic rings. The van der Waals surface area contributed by atoms with Crippen molar-refractivity contribution in [3.8, 4) is 0 Å². The monoisotopic (exact) mass is 348 g/mol. The first kappa shape index (κ1) is 18.2. The molecular formula is C19H28N2O4. The van der Waals surface area contributed by atoms with E-state index in [0.717, 1.165) is 12.0 Å². The van der Waals surface area contributed by atoms with Crippen LogP contribution in [0.3, 0.4) is 0 Å². The van der Waals surface area contributed by atoms with Gasteiger partial charge in [0, 0.05) is 18.0 Å². The van der Waals surface area contributed by atoms with E-state index in [4.69, 9.17) is 4.74 Å². The molecule has 1 saturated carbocycles. The molecule has 3 N–H and O–H groups in total. The molecule has 2 unspecified atom stereocenters. The van der Waals surface area contributed by atoms with Gasteiger partial charge in [-0.2, -0.15) is 0 Å². The summed E-state index contributed by atoms with van der Waals surface area (Å²) >= 11 is 0. The number of ether oxygens (including phenoxy) is 1. The van der Waals surface area contributed by atoms with E-state index in [1.54, 1.807) is 4.90 Å². The average molecular weight is 348 g/mol. The molecule has 138 valence electrons. The maximum atomic E-state index is 12.5. The van der Waals surface area contributed by atoms with Crippen molar-refractivity contribution < 1.29 is 19.7 Å².